The normalized spacial score (nSPS) is 10.7. The van der Waals surface area contributed by atoms with Gasteiger partial charge in [0.2, 0.25) is 0 Å². The van der Waals surface area contributed by atoms with Gasteiger partial charge in [0.05, 0.1) is 5.69 Å². The number of benzene rings is 1. The van der Waals surface area contributed by atoms with Crippen molar-refractivity contribution in [3.8, 4) is 11.8 Å². The minimum Gasteiger partial charge on any atom is -0.478 e. The summed E-state index contributed by atoms with van der Waals surface area (Å²) < 4.78 is 18.6. The molecule has 2 rings (SSSR count). The van der Waals surface area contributed by atoms with E-state index in [1.165, 1.54) is 6.07 Å². The van der Waals surface area contributed by atoms with Crippen LogP contribution in [0.2, 0.25) is 0 Å². The van der Waals surface area contributed by atoms with Gasteiger partial charge in [0.1, 0.15) is 17.1 Å². The van der Waals surface area contributed by atoms with Crippen LogP contribution in [0.15, 0.2) is 24.3 Å². The van der Waals surface area contributed by atoms with Gasteiger partial charge in [-0.1, -0.05) is 13.8 Å². The molecule has 0 spiro atoms. The smallest absolute Gasteiger partial charge is 0.339 e. The van der Waals surface area contributed by atoms with Gasteiger partial charge < -0.3 is 9.84 Å². The largest absolute Gasteiger partial charge is 0.478 e. The molecule has 0 unspecified atom stereocenters. The molecule has 0 saturated heterocycles. The molecule has 0 aliphatic heterocycles. The maximum absolute atomic E-state index is 13.1. The highest BCUT2D eigenvalue weighted by molar-refractivity contribution is 5.90. The summed E-state index contributed by atoms with van der Waals surface area (Å²) in [5.41, 5.74) is 1.23. The van der Waals surface area contributed by atoms with E-state index in [1.54, 1.807) is 6.92 Å². The van der Waals surface area contributed by atoms with Crippen molar-refractivity contribution in [1.29, 1.82) is 0 Å². The monoisotopic (exact) mass is 290 g/mol. The van der Waals surface area contributed by atoms with Crippen molar-refractivity contribution in [1.82, 2.24) is 9.97 Å². The maximum atomic E-state index is 13.1. The third kappa shape index (κ3) is 3.53. The Hall–Kier alpha value is -2.50. The van der Waals surface area contributed by atoms with E-state index in [1.807, 2.05) is 19.9 Å². The van der Waals surface area contributed by atoms with Crippen LogP contribution in [0.5, 0.6) is 11.8 Å². The first-order chi connectivity index (χ1) is 9.86. The summed E-state index contributed by atoms with van der Waals surface area (Å²) in [5.74, 6) is -1.74. The number of carboxylic acid groups (broad SMARTS) is 1. The Morgan fingerprint density at radius 2 is 2.00 bits per heavy atom. The SMILES string of the molecule is Cc1cc(C(C)C)nc(Oc2ccc(F)cc2C(=O)O)n1. The van der Waals surface area contributed by atoms with Crippen molar-refractivity contribution < 1.29 is 19.0 Å². The molecule has 110 valence electrons. The third-order valence-corrected chi connectivity index (χ3v) is 2.82. The lowest BCUT2D eigenvalue weighted by Gasteiger charge is -2.10. The number of halogens is 1. The summed E-state index contributed by atoms with van der Waals surface area (Å²) in [6.45, 7) is 5.75. The van der Waals surface area contributed by atoms with Crippen LogP contribution in [0.3, 0.4) is 0 Å². The third-order valence-electron chi connectivity index (χ3n) is 2.82. The molecule has 6 heteroatoms. The van der Waals surface area contributed by atoms with Crippen molar-refractivity contribution in [3.63, 3.8) is 0 Å². The van der Waals surface area contributed by atoms with Crippen LogP contribution in [0.4, 0.5) is 4.39 Å². The van der Waals surface area contributed by atoms with E-state index in [4.69, 9.17) is 9.84 Å². The van der Waals surface area contributed by atoms with Gasteiger partial charge in [0.25, 0.3) is 0 Å². The maximum Gasteiger partial charge on any atom is 0.339 e. The zero-order valence-electron chi connectivity index (χ0n) is 11.9. The first-order valence-corrected chi connectivity index (χ1v) is 6.43. The molecule has 0 radical (unpaired) electrons. The van der Waals surface area contributed by atoms with Crippen LogP contribution < -0.4 is 4.74 Å². The van der Waals surface area contributed by atoms with E-state index in [2.05, 4.69) is 9.97 Å². The van der Waals surface area contributed by atoms with E-state index in [0.29, 0.717) is 5.69 Å². The predicted molar refractivity (Wildman–Crippen MR) is 74.3 cm³/mol. The molecule has 1 aromatic carbocycles. The highest BCUT2D eigenvalue weighted by Crippen LogP contribution is 2.25. The number of hydrogen-bond acceptors (Lipinski definition) is 4. The molecular weight excluding hydrogens is 275 g/mol. The summed E-state index contributed by atoms with van der Waals surface area (Å²) in [6, 6.07) is 5.16. The molecule has 0 fully saturated rings. The second-order valence-corrected chi connectivity index (χ2v) is 4.92. The summed E-state index contributed by atoms with van der Waals surface area (Å²) in [7, 11) is 0. The number of aromatic nitrogens is 2. The minimum absolute atomic E-state index is 0.00389. The van der Waals surface area contributed by atoms with Crippen molar-refractivity contribution >= 4 is 5.97 Å². The second kappa shape index (κ2) is 5.87. The Labute approximate surface area is 121 Å². The molecule has 0 aliphatic carbocycles. The Morgan fingerprint density at radius 1 is 1.29 bits per heavy atom. The number of carboxylic acids is 1. The van der Waals surface area contributed by atoms with Crippen molar-refractivity contribution in [3.05, 3.63) is 47.0 Å². The molecule has 1 N–H and O–H groups in total. The highest BCUT2D eigenvalue weighted by Gasteiger charge is 2.15. The van der Waals surface area contributed by atoms with Gasteiger partial charge in [0, 0.05) is 5.69 Å². The van der Waals surface area contributed by atoms with Crippen LogP contribution in [0.25, 0.3) is 0 Å². The van der Waals surface area contributed by atoms with Gasteiger partial charge >= 0.3 is 12.0 Å². The summed E-state index contributed by atoms with van der Waals surface area (Å²) in [6.07, 6.45) is 0. The molecule has 0 bridgehead atoms. The average Bonchev–Trinajstić information content (AvgIpc) is 2.40. The fraction of sp³-hybridized carbons (Fsp3) is 0.267. The Balaban J connectivity index is 2.41. The first kappa shape index (κ1) is 14.9. The van der Waals surface area contributed by atoms with Crippen LogP contribution in [0, 0.1) is 12.7 Å². The van der Waals surface area contributed by atoms with E-state index < -0.39 is 11.8 Å². The Morgan fingerprint density at radius 3 is 2.62 bits per heavy atom. The number of ether oxygens (including phenoxy) is 1. The van der Waals surface area contributed by atoms with Gasteiger partial charge in [-0.05, 0) is 37.1 Å². The molecule has 21 heavy (non-hydrogen) atoms. The fourth-order valence-corrected chi connectivity index (χ4v) is 1.76. The zero-order valence-corrected chi connectivity index (χ0v) is 11.9. The van der Waals surface area contributed by atoms with Gasteiger partial charge in [0.15, 0.2) is 0 Å². The van der Waals surface area contributed by atoms with E-state index >= 15 is 0 Å². The molecule has 0 saturated carbocycles. The Kier molecular flexibility index (Phi) is 4.16. The number of nitrogens with zero attached hydrogens (tertiary/aromatic N) is 2. The summed E-state index contributed by atoms with van der Waals surface area (Å²) in [5, 5.41) is 9.08. The quantitative estimate of drug-likeness (QED) is 0.932. The molecule has 2 aromatic rings. The lowest BCUT2D eigenvalue weighted by Crippen LogP contribution is -2.04. The number of rotatable bonds is 4. The topological polar surface area (TPSA) is 72.3 Å². The standard InChI is InChI=1S/C15H15FN2O3/c1-8(2)12-6-9(3)17-15(18-12)21-13-5-4-10(16)7-11(13)14(19)20/h4-8H,1-3H3,(H,19,20). The second-order valence-electron chi connectivity index (χ2n) is 4.92. The fourth-order valence-electron chi connectivity index (χ4n) is 1.76. The van der Waals surface area contributed by atoms with Crippen LogP contribution in [-0.2, 0) is 0 Å². The van der Waals surface area contributed by atoms with Crippen LogP contribution >= 0.6 is 0 Å². The van der Waals surface area contributed by atoms with Crippen molar-refractivity contribution in [2.45, 2.75) is 26.7 Å². The molecular formula is C15H15FN2O3. The molecule has 1 heterocycles. The highest BCUT2D eigenvalue weighted by atomic mass is 19.1. The molecule has 1 aromatic heterocycles. The number of hydrogen-bond donors (Lipinski definition) is 1. The molecule has 0 atom stereocenters. The molecule has 0 amide bonds. The summed E-state index contributed by atoms with van der Waals surface area (Å²) >= 11 is 0. The van der Waals surface area contributed by atoms with Crippen molar-refractivity contribution in [2.75, 3.05) is 0 Å². The molecule has 5 nitrogen and oxygen atoms in total. The van der Waals surface area contributed by atoms with Gasteiger partial charge in [-0.25, -0.2) is 14.2 Å². The summed E-state index contributed by atoms with van der Waals surface area (Å²) in [4.78, 5) is 19.5. The lowest BCUT2D eigenvalue weighted by atomic mass is 10.1. The predicted octanol–water partition coefficient (Wildman–Crippen LogP) is 3.54. The minimum atomic E-state index is -1.28. The van der Waals surface area contributed by atoms with Gasteiger partial charge in [-0.3, -0.25) is 0 Å². The number of aryl methyl sites for hydroxylation is 1. The number of aromatic carboxylic acids is 1. The zero-order chi connectivity index (χ0) is 15.6. The van der Waals surface area contributed by atoms with E-state index in [0.717, 1.165) is 17.8 Å². The first-order valence-electron chi connectivity index (χ1n) is 6.43. The van der Waals surface area contributed by atoms with E-state index in [9.17, 15) is 9.18 Å². The van der Waals surface area contributed by atoms with E-state index in [-0.39, 0.29) is 23.2 Å². The van der Waals surface area contributed by atoms with Crippen LogP contribution in [-0.4, -0.2) is 21.0 Å². The Bertz CT molecular complexity index is 687. The van der Waals surface area contributed by atoms with Crippen molar-refractivity contribution in [2.24, 2.45) is 0 Å². The van der Waals surface area contributed by atoms with Gasteiger partial charge in [-0.15, -0.1) is 0 Å². The lowest BCUT2D eigenvalue weighted by molar-refractivity contribution is 0.0693. The van der Waals surface area contributed by atoms with Crippen LogP contribution in [0.1, 0.15) is 41.5 Å². The number of carbonyl (C=O) groups is 1. The molecule has 0 aliphatic rings. The van der Waals surface area contributed by atoms with Gasteiger partial charge in [-0.2, -0.15) is 4.98 Å². The average molecular weight is 290 g/mol.